The largest absolute Gasteiger partial charge is 0.479 e. The normalized spacial score (nSPS) is 9.07. The van der Waals surface area contributed by atoms with Gasteiger partial charge in [-0.2, -0.15) is 0 Å². The number of aliphatic hydroxyl groups excluding tert-OH is 1. The van der Waals surface area contributed by atoms with Gasteiger partial charge >= 0.3 is 0 Å². The summed E-state index contributed by atoms with van der Waals surface area (Å²) in [6.07, 6.45) is 0. The summed E-state index contributed by atoms with van der Waals surface area (Å²) in [5, 5.41) is 9.34. The van der Waals surface area contributed by atoms with Gasteiger partial charge in [-0.15, -0.1) is 5.92 Å². The third kappa shape index (κ3) is 2.95. The summed E-state index contributed by atoms with van der Waals surface area (Å²) >= 11 is 5.90. The molecule has 0 aliphatic carbocycles. The van der Waals surface area contributed by atoms with Gasteiger partial charge in [-0.3, -0.25) is 0 Å². The molecule has 3 heteroatoms. The number of aliphatic hydroxyl groups is 1. The SMILES string of the molecule is CC#CCOc1ccc(CO)cc1Cl. The zero-order valence-electron chi connectivity index (χ0n) is 7.88. The Hall–Kier alpha value is -1.17. The molecule has 0 unspecified atom stereocenters. The van der Waals surface area contributed by atoms with Gasteiger partial charge in [0.25, 0.3) is 0 Å². The lowest BCUT2D eigenvalue weighted by Gasteiger charge is -2.05. The molecule has 0 fully saturated rings. The Kier molecular flexibility index (Phi) is 4.31. The zero-order valence-corrected chi connectivity index (χ0v) is 8.64. The standard InChI is InChI=1S/C11H11ClO2/c1-2-3-6-14-11-5-4-9(8-13)7-10(11)12/h4-5,7,13H,6,8H2,1H3. The molecule has 1 aromatic rings. The summed E-state index contributed by atoms with van der Waals surface area (Å²) in [4.78, 5) is 0. The molecule has 0 saturated heterocycles. The first-order valence-corrected chi connectivity index (χ1v) is 4.57. The van der Waals surface area contributed by atoms with Crippen LogP contribution in [0, 0.1) is 11.8 Å². The maximum Gasteiger partial charge on any atom is 0.149 e. The molecule has 0 aromatic heterocycles. The highest BCUT2D eigenvalue weighted by Gasteiger charge is 2.01. The van der Waals surface area contributed by atoms with E-state index in [2.05, 4.69) is 11.8 Å². The zero-order chi connectivity index (χ0) is 10.4. The van der Waals surface area contributed by atoms with E-state index >= 15 is 0 Å². The number of benzene rings is 1. The summed E-state index contributed by atoms with van der Waals surface area (Å²) in [5.41, 5.74) is 0.768. The highest BCUT2D eigenvalue weighted by Crippen LogP contribution is 2.25. The predicted molar refractivity (Wildman–Crippen MR) is 56.3 cm³/mol. The van der Waals surface area contributed by atoms with Crippen molar-refractivity contribution in [1.29, 1.82) is 0 Å². The van der Waals surface area contributed by atoms with E-state index in [9.17, 15) is 0 Å². The number of hydrogen-bond acceptors (Lipinski definition) is 2. The third-order valence-electron chi connectivity index (χ3n) is 1.66. The molecule has 0 spiro atoms. The molecule has 0 atom stereocenters. The molecule has 1 aromatic carbocycles. The molecule has 0 aliphatic heterocycles. The quantitative estimate of drug-likeness (QED) is 0.776. The minimum atomic E-state index is -0.0191. The van der Waals surface area contributed by atoms with Crippen LogP contribution >= 0.6 is 11.6 Å². The van der Waals surface area contributed by atoms with E-state index in [4.69, 9.17) is 21.4 Å². The Morgan fingerprint density at radius 1 is 1.50 bits per heavy atom. The summed E-state index contributed by atoms with van der Waals surface area (Å²) in [6.45, 7) is 2.06. The van der Waals surface area contributed by atoms with Gasteiger partial charge in [0.2, 0.25) is 0 Å². The fourth-order valence-electron chi connectivity index (χ4n) is 0.946. The second kappa shape index (κ2) is 5.54. The molecule has 1 N–H and O–H groups in total. The fraction of sp³-hybridized carbons (Fsp3) is 0.273. The summed E-state index contributed by atoms with van der Waals surface area (Å²) < 4.78 is 5.29. The second-order valence-electron chi connectivity index (χ2n) is 2.64. The maximum atomic E-state index is 8.85. The van der Waals surface area contributed by atoms with E-state index in [1.54, 1.807) is 25.1 Å². The highest BCUT2D eigenvalue weighted by atomic mass is 35.5. The van der Waals surface area contributed by atoms with Crippen LogP contribution in [-0.2, 0) is 6.61 Å². The maximum absolute atomic E-state index is 8.85. The van der Waals surface area contributed by atoms with Crippen LogP contribution in [0.5, 0.6) is 5.75 Å². The van der Waals surface area contributed by atoms with Gasteiger partial charge in [0.1, 0.15) is 12.4 Å². The van der Waals surface area contributed by atoms with E-state index in [1.807, 2.05) is 0 Å². The molecular formula is C11H11ClO2. The van der Waals surface area contributed by atoms with Gasteiger partial charge in [0, 0.05) is 0 Å². The van der Waals surface area contributed by atoms with Crippen LogP contribution in [0.2, 0.25) is 5.02 Å². The smallest absolute Gasteiger partial charge is 0.149 e. The van der Waals surface area contributed by atoms with Crippen molar-refractivity contribution in [3.05, 3.63) is 28.8 Å². The molecule has 1 rings (SSSR count). The lowest BCUT2D eigenvalue weighted by atomic mass is 10.2. The van der Waals surface area contributed by atoms with Crippen molar-refractivity contribution in [2.75, 3.05) is 6.61 Å². The lowest BCUT2D eigenvalue weighted by molar-refractivity contribution is 0.281. The van der Waals surface area contributed by atoms with Crippen molar-refractivity contribution in [2.45, 2.75) is 13.5 Å². The first kappa shape index (κ1) is 10.9. The van der Waals surface area contributed by atoms with Crippen molar-refractivity contribution < 1.29 is 9.84 Å². The van der Waals surface area contributed by atoms with Crippen LogP contribution in [-0.4, -0.2) is 11.7 Å². The van der Waals surface area contributed by atoms with Gasteiger partial charge in [-0.25, -0.2) is 0 Å². The second-order valence-corrected chi connectivity index (χ2v) is 3.05. The first-order valence-electron chi connectivity index (χ1n) is 4.19. The Bertz CT molecular complexity index is 363. The van der Waals surface area contributed by atoms with E-state index in [0.717, 1.165) is 5.56 Å². The highest BCUT2D eigenvalue weighted by molar-refractivity contribution is 6.32. The van der Waals surface area contributed by atoms with Crippen molar-refractivity contribution in [2.24, 2.45) is 0 Å². The molecular weight excluding hydrogens is 200 g/mol. The van der Waals surface area contributed by atoms with E-state index < -0.39 is 0 Å². The topological polar surface area (TPSA) is 29.5 Å². The summed E-state index contributed by atoms with van der Waals surface area (Å²) in [5.74, 6) is 6.08. The molecule has 74 valence electrons. The minimum Gasteiger partial charge on any atom is -0.479 e. The number of halogens is 1. The van der Waals surface area contributed by atoms with E-state index in [1.165, 1.54) is 0 Å². The number of hydrogen-bond donors (Lipinski definition) is 1. The Labute approximate surface area is 88.5 Å². The molecule has 0 radical (unpaired) electrons. The number of ether oxygens (including phenoxy) is 1. The van der Waals surface area contributed by atoms with Crippen LogP contribution in [0.25, 0.3) is 0 Å². The summed E-state index contributed by atoms with van der Waals surface area (Å²) in [7, 11) is 0. The molecule has 0 amide bonds. The Balaban J connectivity index is 2.71. The summed E-state index contributed by atoms with van der Waals surface area (Å²) in [6, 6.07) is 5.17. The lowest BCUT2D eigenvalue weighted by Crippen LogP contribution is -1.95. The molecule has 0 saturated carbocycles. The van der Waals surface area contributed by atoms with Crippen molar-refractivity contribution in [3.63, 3.8) is 0 Å². The van der Waals surface area contributed by atoms with Gasteiger partial charge in [-0.1, -0.05) is 23.6 Å². The first-order chi connectivity index (χ1) is 6.77. The van der Waals surface area contributed by atoms with Gasteiger partial charge in [0.05, 0.1) is 11.6 Å². The molecule has 14 heavy (non-hydrogen) atoms. The van der Waals surface area contributed by atoms with Crippen molar-refractivity contribution in [1.82, 2.24) is 0 Å². The van der Waals surface area contributed by atoms with Crippen LogP contribution in [0.15, 0.2) is 18.2 Å². The van der Waals surface area contributed by atoms with Gasteiger partial charge < -0.3 is 9.84 Å². The monoisotopic (exact) mass is 210 g/mol. The van der Waals surface area contributed by atoms with Crippen molar-refractivity contribution >= 4 is 11.6 Å². The predicted octanol–water partition coefficient (Wildman–Crippen LogP) is 2.23. The third-order valence-corrected chi connectivity index (χ3v) is 1.95. The van der Waals surface area contributed by atoms with Crippen LogP contribution in [0.3, 0.4) is 0 Å². The van der Waals surface area contributed by atoms with Crippen molar-refractivity contribution in [3.8, 4) is 17.6 Å². The average molecular weight is 211 g/mol. The van der Waals surface area contributed by atoms with Crippen LogP contribution in [0.1, 0.15) is 12.5 Å². The van der Waals surface area contributed by atoms with Gasteiger partial charge in [-0.05, 0) is 24.6 Å². The Morgan fingerprint density at radius 3 is 2.86 bits per heavy atom. The van der Waals surface area contributed by atoms with Crippen LogP contribution < -0.4 is 4.74 Å². The molecule has 2 nitrogen and oxygen atoms in total. The number of rotatable bonds is 3. The van der Waals surface area contributed by atoms with Crippen LogP contribution in [0.4, 0.5) is 0 Å². The Morgan fingerprint density at radius 2 is 2.29 bits per heavy atom. The van der Waals surface area contributed by atoms with E-state index in [0.29, 0.717) is 17.4 Å². The van der Waals surface area contributed by atoms with E-state index in [-0.39, 0.29) is 6.61 Å². The minimum absolute atomic E-state index is 0.0191. The molecule has 0 aliphatic rings. The molecule has 0 bridgehead atoms. The fourth-order valence-corrected chi connectivity index (χ4v) is 1.20. The van der Waals surface area contributed by atoms with Gasteiger partial charge in [0.15, 0.2) is 0 Å². The molecule has 0 heterocycles. The average Bonchev–Trinajstić information content (AvgIpc) is 2.20.